The fourth-order valence-corrected chi connectivity index (χ4v) is 14.7. The van der Waals surface area contributed by atoms with Gasteiger partial charge in [0.1, 0.15) is 11.2 Å². The summed E-state index contributed by atoms with van der Waals surface area (Å²) in [5, 5.41) is 4.21. The fraction of sp³-hybridized carbons (Fsp3) is 0. The normalized spacial score (nSPS) is 12.4. The van der Waals surface area contributed by atoms with E-state index in [4.69, 9.17) is 29.3 Å². The molecule has 9 nitrogen and oxygen atoms in total. The standard InChI is InChI=1S/C85H53BN8O/c1-6-25-54(26-7-1)69-53-70(55-27-8-2-9-28-55)88-83(87-69)59-45-48-72(94-71-41-20-16-38-65(71)78-75(94)49-47-64-63-37-17-23-44-77(63)95-81(64)78)66(52-59)85-90-82(56-29-10-3-11-30-56)89-84(91-85)58-32-24-31-57(51-58)62-46-50-76-79-80(62)93(61-35-14-5-15-36-61)74-43-22-19-40-68(74)86(79)67-39-18-21-42-73(67)92(76)60-33-12-4-13-34-60/h1-53H. The molecule has 0 saturated heterocycles. The lowest BCUT2D eigenvalue weighted by molar-refractivity contribution is 0.673. The number of hydrogen-bond donors (Lipinski definition) is 0. The number of para-hydroxylation sites is 6. The van der Waals surface area contributed by atoms with Gasteiger partial charge in [-0.05, 0) is 119 Å². The molecule has 0 radical (unpaired) electrons. The monoisotopic (exact) mass is 1210 g/mol. The molecule has 2 aliphatic rings. The van der Waals surface area contributed by atoms with E-state index in [0.29, 0.717) is 23.3 Å². The molecular formula is C85H53BN8O. The van der Waals surface area contributed by atoms with Gasteiger partial charge in [0, 0.05) is 83.5 Å². The second-order valence-corrected chi connectivity index (χ2v) is 24.3. The van der Waals surface area contributed by atoms with Gasteiger partial charge in [-0.3, -0.25) is 0 Å². The Morgan fingerprint density at radius 1 is 0.295 bits per heavy atom. The van der Waals surface area contributed by atoms with E-state index >= 15 is 0 Å². The highest BCUT2D eigenvalue weighted by molar-refractivity contribution is 7.00. The lowest BCUT2D eigenvalue weighted by Gasteiger charge is -2.45. The molecule has 0 saturated carbocycles. The van der Waals surface area contributed by atoms with Crippen molar-refractivity contribution in [3.63, 3.8) is 0 Å². The Bertz CT molecular complexity index is 5810. The van der Waals surface area contributed by atoms with Crippen LogP contribution in [-0.4, -0.2) is 36.2 Å². The summed E-state index contributed by atoms with van der Waals surface area (Å²) < 4.78 is 9.18. The van der Waals surface area contributed by atoms with Gasteiger partial charge in [-0.2, -0.15) is 0 Å². The van der Waals surface area contributed by atoms with Crippen LogP contribution in [0.4, 0.5) is 34.1 Å². The highest BCUT2D eigenvalue weighted by atomic mass is 16.3. The molecule has 0 N–H and O–H groups in total. The molecule has 17 aromatic rings. The first kappa shape index (κ1) is 54.0. The third-order valence-electron chi connectivity index (χ3n) is 18.8. The predicted octanol–water partition coefficient (Wildman–Crippen LogP) is 19.4. The van der Waals surface area contributed by atoms with Crippen molar-refractivity contribution in [1.29, 1.82) is 0 Å². The summed E-state index contributed by atoms with van der Waals surface area (Å²) in [4.78, 5) is 32.4. The molecule has 2 aliphatic heterocycles. The maximum absolute atomic E-state index is 6.84. The van der Waals surface area contributed by atoms with Crippen molar-refractivity contribution in [3.8, 4) is 84.9 Å². The molecule has 4 aromatic heterocycles. The van der Waals surface area contributed by atoms with Gasteiger partial charge in [0.2, 0.25) is 0 Å². The van der Waals surface area contributed by atoms with Crippen LogP contribution in [0.3, 0.4) is 0 Å². The average Bonchev–Trinajstić information content (AvgIpc) is 1.71. The molecule has 0 amide bonds. The first-order chi connectivity index (χ1) is 47.1. The van der Waals surface area contributed by atoms with Crippen molar-refractivity contribution < 1.29 is 4.42 Å². The summed E-state index contributed by atoms with van der Waals surface area (Å²) in [5.74, 6) is 2.09. The van der Waals surface area contributed by atoms with Crippen LogP contribution < -0.4 is 26.2 Å². The Kier molecular flexibility index (Phi) is 12.5. The maximum Gasteiger partial charge on any atom is 0.252 e. The van der Waals surface area contributed by atoms with Gasteiger partial charge >= 0.3 is 0 Å². The van der Waals surface area contributed by atoms with Gasteiger partial charge in [-0.15, -0.1) is 0 Å². The predicted molar refractivity (Wildman–Crippen MR) is 389 cm³/mol. The zero-order chi connectivity index (χ0) is 62.5. The zero-order valence-electron chi connectivity index (χ0n) is 51.2. The molecule has 442 valence electrons. The maximum atomic E-state index is 6.84. The molecule has 0 aliphatic carbocycles. The molecule has 0 unspecified atom stereocenters. The van der Waals surface area contributed by atoms with Crippen LogP contribution in [-0.2, 0) is 0 Å². The van der Waals surface area contributed by atoms with Crippen LogP contribution in [0.15, 0.2) is 326 Å². The second kappa shape index (κ2) is 22.0. The second-order valence-electron chi connectivity index (χ2n) is 24.3. The van der Waals surface area contributed by atoms with Crippen LogP contribution in [0.1, 0.15) is 0 Å². The molecule has 0 fully saturated rings. The Balaban J connectivity index is 0.854. The summed E-state index contributed by atoms with van der Waals surface area (Å²) in [6, 6.07) is 113. The molecule has 0 spiro atoms. The Labute approximate surface area is 547 Å². The minimum absolute atomic E-state index is 0.0599. The number of benzene rings is 13. The molecule has 19 rings (SSSR count). The quantitative estimate of drug-likeness (QED) is 0.125. The molecule has 6 heterocycles. The largest absolute Gasteiger partial charge is 0.455 e. The van der Waals surface area contributed by atoms with Crippen molar-refractivity contribution >= 4 is 101 Å². The third kappa shape index (κ3) is 8.83. The van der Waals surface area contributed by atoms with Crippen molar-refractivity contribution in [2.45, 2.75) is 0 Å². The van der Waals surface area contributed by atoms with E-state index < -0.39 is 0 Å². The average molecular weight is 1210 g/mol. The molecule has 13 aromatic carbocycles. The summed E-state index contributed by atoms with van der Waals surface area (Å²) >= 11 is 0. The van der Waals surface area contributed by atoms with Gasteiger partial charge < -0.3 is 18.8 Å². The summed E-state index contributed by atoms with van der Waals surface area (Å²) in [5.41, 5.74) is 23.9. The number of nitrogens with zero attached hydrogens (tertiary/aromatic N) is 8. The van der Waals surface area contributed by atoms with E-state index in [1.807, 2.05) is 66.7 Å². The Hall–Kier alpha value is -12.8. The fourth-order valence-electron chi connectivity index (χ4n) is 14.7. The molecule has 0 atom stereocenters. The number of aromatic nitrogens is 6. The van der Waals surface area contributed by atoms with Gasteiger partial charge in [-0.25, -0.2) is 24.9 Å². The highest BCUT2D eigenvalue weighted by Gasteiger charge is 2.44. The number of anilines is 6. The summed E-state index contributed by atoms with van der Waals surface area (Å²) in [6.45, 7) is -0.0599. The number of fused-ring (bicyclic) bond motifs is 11. The SMILES string of the molecule is c1ccc(-c2cc(-c3ccccc3)nc(-c3ccc(-n4c5ccccc5c5c6oc7ccccc7c6ccc54)c(-c4nc(-c5ccccc5)nc(-c5cccc(-c6ccc7c8c6N(c6ccccc6)c6ccccc6B8c6ccccc6N7c6ccccc6)c5)n4)c3)n2)cc1. The minimum atomic E-state index is -0.0599. The van der Waals surface area contributed by atoms with Crippen LogP contribution in [0.2, 0.25) is 0 Å². The number of furan rings is 1. The third-order valence-corrected chi connectivity index (χ3v) is 18.8. The van der Waals surface area contributed by atoms with E-state index in [1.165, 1.54) is 22.1 Å². The van der Waals surface area contributed by atoms with Gasteiger partial charge in [0.05, 0.1) is 39.2 Å². The Morgan fingerprint density at radius 3 is 1.51 bits per heavy atom. The van der Waals surface area contributed by atoms with Gasteiger partial charge in [0.25, 0.3) is 6.71 Å². The van der Waals surface area contributed by atoms with Crippen LogP contribution in [0, 0.1) is 0 Å². The van der Waals surface area contributed by atoms with E-state index in [0.717, 1.165) is 134 Å². The summed E-state index contributed by atoms with van der Waals surface area (Å²) in [6.07, 6.45) is 0. The summed E-state index contributed by atoms with van der Waals surface area (Å²) in [7, 11) is 0. The molecule has 95 heavy (non-hydrogen) atoms. The minimum Gasteiger partial charge on any atom is -0.455 e. The number of hydrogen-bond acceptors (Lipinski definition) is 8. The topological polar surface area (TPSA) is 89.0 Å². The van der Waals surface area contributed by atoms with Crippen molar-refractivity contribution in [2.75, 3.05) is 9.80 Å². The van der Waals surface area contributed by atoms with E-state index in [9.17, 15) is 0 Å². The number of rotatable bonds is 10. The van der Waals surface area contributed by atoms with Crippen molar-refractivity contribution in [1.82, 2.24) is 29.5 Å². The van der Waals surface area contributed by atoms with Crippen LogP contribution in [0.25, 0.3) is 129 Å². The Morgan fingerprint density at radius 2 is 0.811 bits per heavy atom. The lowest BCUT2D eigenvalue weighted by Crippen LogP contribution is -2.61. The van der Waals surface area contributed by atoms with Crippen molar-refractivity contribution in [3.05, 3.63) is 322 Å². The lowest BCUT2D eigenvalue weighted by atomic mass is 9.33. The first-order valence-electron chi connectivity index (χ1n) is 32.1. The van der Waals surface area contributed by atoms with E-state index in [-0.39, 0.29) is 6.71 Å². The first-order valence-corrected chi connectivity index (χ1v) is 32.1. The van der Waals surface area contributed by atoms with E-state index in [1.54, 1.807) is 0 Å². The molecular weight excluding hydrogens is 1160 g/mol. The van der Waals surface area contributed by atoms with E-state index in [2.05, 4.69) is 269 Å². The molecule has 0 bridgehead atoms. The van der Waals surface area contributed by atoms with Crippen LogP contribution >= 0.6 is 0 Å². The van der Waals surface area contributed by atoms with Crippen molar-refractivity contribution in [2.24, 2.45) is 0 Å². The zero-order valence-corrected chi connectivity index (χ0v) is 51.2. The smallest absolute Gasteiger partial charge is 0.252 e. The highest BCUT2D eigenvalue weighted by Crippen LogP contribution is 2.49. The molecule has 10 heteroatoms. The van der Waals surface area contributed by atoms with Crippen LogP contribution in [0.5, 0.6) is 0 Å². The van der Waals surface area contributed by atoms with Gasteiger partial charge in [0.15, 0.2) is 23.3 Å². The van der Waals surface area contributed by atoms with Gasteiger partial charge in [-0.1, -0.05) is 224 Å².